The quantitative estimate of drug-likeness (QED) is 0.110. The molecule has 1 unspecified atom stereocenters. The number of nitro groups is 1. The van der Waals surface area contributed by atoms with Gasteiger partial charge in [0.15, 0.2) is 5.13 Å². The molecular weight excluding hydrogens is 506 g/mol. The lowest BCUT2D eigenvalue weighted by Crippen LogP contribution is -2.29. The van der Waals surface area contributed by atoms with E-state index in [4.69, 9.17) is 4.74 Å². The van der Waals surface area contributed by atoms with E-state index in [-0.39, 0.29) is 16.4 Å². The maximum atomic E-state index is 13.2. The molecule has 0 saturated carbocycles. The van der Waals surface area contributed by atoms with Crippen LogP contribution in [0, 0.1) is 17.0 Å². The highest BCUT2D eigenvalue weighted by Gasteiger charge is 2.48. The molecule has 3 aromatic carbocycles. The lowest BCUT2D eigenvalue weighted by atomic mass is 9.95. The van der Waals surface area contributed by atoms with Crippen LogP contribution in [0.3, 0.4) is 0 Å². The van der Waals surface area contributed by atoms with Crippen molar-refractivity contribution in [2.45, 2.75) is 19.6 Å². The van der Waals surface area contributed by atoms with Crippen LogP contribution in [-0.2, 0) is 16.2 Å². The number of amides is 1. The standard InChI is InChI=1S/C28H21N3O6S/c1-17-5-2-3-6-20(17)16-37-22-11-9-18(10-12-22)25(32)23-24(19-7-4-8-21(15-19)31(35)36)30(27(34)26(23)33)28-29-13-14-38-28/h2-15,24,32H,16H2,1H3/b25-23+. The van der Waals surface area contributed by atoms with Crippen molar-refractivity contribution in [3.8, 4) is 5.75 Å². The number of aromatic nitrogens is 1. The number of ketones is 1. The highest BCUT2D eigenvalue weighted by molar-refractivity contribution is 7.14. The number of hydrogen-bond donors (Lipinski definition) is 1. The maximum Gasteiger partial charge on any atom is 0.301 e. The third-order valence-electron chi connectivity index (χ3n) is 6.25. The van der Waals surface area contributed by atoms with E-state index in [1.54, 1.807) is 35.7 Å². The molecule has 4 aromatic rings. The van der Waals surface area contributed by atoms with Crippen LogP contribution >= 0.6 is 11.3 Å². The first-order valence-corrected chi connectivity index (χ1v) is 12.5. The van der Waals surface area contributed by atoms with Crippen LogP contribution in [0.15, 0.2) is 89.9 Å². The third kappa shape index (κ3) is 4.64. The molecule has 1 N–H and O–H groups in total. The summed E-state index contributed by atoms with van der Waals surface area (Å²) >= 11 is 1.14. The zero-order valence-electron chi connectivity index (χ0n) is 20.1. The number of aliphatic hydroxyl groups is 1. The molecule has 38 heavy (non-hydrogen) atoms. The molecule has 1 fully saturated rings. The largest absolute Gasteiger partial charge is 0.507 e. The summed E-state index contributed by atoms with van der Waals surface area (Å²) in [6.45, 7) is 2.36. The van der Waals surface area contributed by atoms with Gasteiger partial charge in [-0.05, 0) is 47.9 Å². The Morgan fingerprint density at radius 2 is 1.87 bits per heavy atom. The molecular formula is C28H21N3O6S. The molecule has 9 nitrogen and oxygen atoms in total. The van der Waals surface area contributed by atoms with Gasteiger partial charge in [0.05, 0.1) is 16.5 Å². The minimum Gasteiger partial charge on any atom is -0.507 e. The van der Waals surface area contributed by atoms with Crippen LogP contribution in [0.5, 0.6) is 5.75 Å². The number of thiazole rings is 1. The highest BCUT2D eigenvalue weighted by atomic mass is 32.1. The molecule has 0 spiro atoms. The maximum absolute atomic E-state index is 13.2. The van der Waals surface area contributed by atoms with Crippen molar-refractivity contribution < 1.29 is 24.4 Å². The zero-order chi connectivity index (χ0) is 26.8. The van der Waals surface area contributed by atoms with Gasteiger partial charge in [-0.15, -0.1) is 11.3 Å². The first kappa shape index (κ1) is 24.8. The Morgan fingerprint density at radius 3 is 2.55 bits per heavy atom. The molecule has 1 amide bonds. The summed E-state index contributed by atoms with van der Waals surface area (Å²) in [5.74, 6) is -1.63. The van der Waals surface area contributed by atoms with E-state index in [0.29, 0.717) is 23.5 Å². The lowest BCUT2D eigenvalue weighted by molar-refractivity contribution is -0.384. The molecule has 1 aromatic heterocycles. The smallest absolute Gasteiger partial charge is 0.301 e. The van der Waals surface area contributed by atoms with Crippen molar-refractivity contribution in [3.05, 3.63) is 122 Å². The fraction of sp³-hybridized carbons (Fsp3) is 0.107. The zero-order valence-corrected chi connectivity index (χ0v) is 20.9. The van der Waals surface area contributed by atoms with Crippen LogP contribution in [0.25, 0.3) is 5.76 Å². The van der Waals surface area contributed by atoms with E-state index in [0.717, 1.165) is 27.4 Å². The van der Waals surface area contributed by atoms with Crippen LogP contribution in [0.2, 0.25) is 0 Å². The van der Waals surface area contributed by atoms with Crippen LogP contribution in [0.1, 0.15) is 28.3 Å². The minimum absolute atomic E-state index is 0.181. The lowest BCUT2D eigenvalue weighted by Gasteiger charge is -2.22. The SMILES string of the molecule is Cc1ccccc1COc1ccc(/C(O)=C2\C(=O)C(=O)N(c3nccs3)C2c2cccc([N+](=O)[O-])c2)cc1. The summed E-state index contributed by atoms with van der Waals surface area (Å²) in [7, 11) is 0. The number of benzene rings is 3. The average molecular weight is 528 g/mol. The van der Waals surface area contributed by atoms with Crippen molar-refractivity contribution in [1.82, 2.24) is 4.98 Å². The Labute approximate surface area is 221 Å². The fourth-order valence-corrected chi connectivity index (χ4v) is 4.95. The van der Waals surface area contributed by atoms with E-state index in [2.05, 4.69) is 4.98 Å². The number of hydrogen-bond acceptors (Lipinski definition) is 8. The topological polar surface area (TPSA) is 123 Å². The number of non-ortho nitro benzene ring substituents is 1. The van der Waals surface area contributed by atoms with Gasteiger partial charge >= 0.3 is 5.91 Å². The molecule has 0 bridgehead atoms. The predicted molar refractivity (Wildman–Crippen MR) is 142 cm³/mol. The minimum atomic E-state index is -1.10. The van der Waals surface area contributed by atoms with Gasteiger partial charge in [-0.25, -0.2) is 4.98 Å². The van der Waals surface area contributed by atoms with Crippen molar-refractivity contribution in [3.63, 3.8) is 0 Å². The summed E-state index contributed by atoms with van der Waals surface area (Å²) in [5.41, 5.74) is 2.35. The Kier molecular flexibility index (Phi) is 6.71. The highest BCUT2D eigenvalue weighted by Crippen LogP contribution is 2.43. The summed E-state index contributed by atoms with van der Waals surface area (Å²) in [4.78, 5) is 42.5. The van der Waals surface area contributed by atoms with Gasteiger partial charge in [-0.2, -0.15) is 0 Å². The van der Waals surface area contributed by atoms with Crippen molar-refractivity contribution in [2.24, 2.45) is 0 Å². The van der Waals surface area contributed by atoms with Gasteiger partial charge in [0.2, 0.25) is 0 Å². The van der Waals surface area contributed by atoms with Crippen molar-refractivity contribution in [1.29, 1.82) is 0 Å². The first-order chi connectivity index (χ1) is 18.3. The second-order valence-corrected chi connectivity index (χ2v) is 9.45. The molecule has 5 rings (SSSR count). The summed E-state index contributed by atoms with van der Waals surface area (Å²) in [5, 5.41) is 24.6. The molecule has 190 valence electrons. The Balaban J connectivity index is 1.52. The summed E-state index contributed by atoms with van der Waals surface area (Å²) < 4.78 is 5.87. The van der Waals surface area contributed by atoms with E-state index in [1.165, 1.54) is 24.4 Å². The molecule has 0 radical (unpaired) electrons. The second-order valence-electron chi connectivity index (χ2n) is 8.58. The average Bonchev–Trinajstić information content (AvgIpc) is 3.55. The molecule has 1 atom stereocenters. The number of rotatable bonds is 7. The van der Waals surface area contributed by atoms with E-state index < -0.39 is 28.4 Å². The van der Waals surface area contributed by atoms with Crippen LogP contribution in [-0.4, -0.2) is 26.7 Å². The number of carbonyl (C=O) groups excluding carboxylic acids is 2. The Bertz CT molecular complexity index is 1560. The summed E-state index contributed by atoms with van der Waals surface area (Å²) in [6.07, 6.45) is 1.49. The third-order valence-corrected chi connectivity index (χ3v) is 7.02. The van der Waals surface area contributed by atoms with Crippen molar-refractivity contribution >= 4 is 39.6 Å². The van der Waals surface area contributed by atoms with Gasteiger partial charge in [0.25, 0.3) is 11.5 Å². The number of aryl methyl sites for hydroxylation is 1. The molecule has 0 aliphatic carbocycles. The number of nitrogens with zero attached hydrogens (tertiary/aromatic N) is 3. The number of carbonyl (C=O) groups is 2. The molecule has 1 aliphatic heterocycles. The Morgan fingerprint density at radius 1 is 1.11 bits per heavy atom. The van der Waals surface area contributed by atoms with E-state index >= 15 is 0 Å². The van der Waals surface area contributed by atoms with Gasteiger partial charge < -0.3 is 9.84 Å². The number of ether oxygens (including phenoxy) is 1. The monoisotopic (exact) mass is 527 g/mol. The molecule has 1 aliphatic rings. The van der Waals surface area contributed by atoms with E-state index in [1.807, 2.05) is 31.2 Å². The van der Waals surface area contributed by atoms with Crippen LogP contribution in [0.4, 0.5) is 10.8 Å². The molecule has 1 saturated heterocycles. The number of aliphatic hydroxyl groups excluding tert-OH is 1. The number of anilines is 1. The predicted octanol–water partition coefficient (Wildman–Crippen LogP) is 5.57. The van der Waals surface area contributed by atoms with Crippen molar-refractivity contribution in [2.75, 3.05) is 4.90 Å². The van der Waals surface area contributed by atoms with Gasteiger partial charge in [0.1, 0.15) is 18.1 Å². The Hall–Kier alpha value is -4.83. The summed E-state index contributed by atoms with van der Waals surface area (Å²) in [6, 6.07) is 18.9. The number of nitro benzene ring substituents is 1. The van der Waals surface area contributed by atoms with Crippen LogP contribution < -0.4 is 9.64 Å². The van der Waals surface area contributed by atoms with E-state index in [9.17, 15) is 24.8 Å². The first-order valence-electron chi connectivity index (χ1n) is 11.6. The second kappa shape index (κ2) is 10.3. The number of Topliss-reactive ketones (excluding diaryl/α,β-unsaturated/α-hetero) is 1. The van der Waals surface area contributed by atoms with Gasteiger partial charge in [-0.3, -0.25) is 24.6 Å². The normalized spacial score (nSPS) is 16.6. The molecule has 2 heterocycles. The molecule has 10 heteroatoms. The fourth-order valence-electron chi connectivity index (χ4n) is 4.29. The van der Waals surface area contributed by atoms with Gasteiger partial charge in [-0.1, -0.05) is 36.4 Å². The van der Waals surface area contributed by atoms with Gasteiger partial charge in [0, 0.05) is 29.3 Å².